The summed E-state index contributed by atoms with van der Waals surface area (Å²) in [5.41, 5.74) is 5.77. The highest BCUT2D eigenvalue weighted by molar-refractivity contribution is 5.19. The largest absolute Gasteiger partial charge is 0.390 e. The van der Waals surface area contributed by atoms with Crippen molar-refractivity contribution in [2.24, 2.45) is 0 Å². The highest BCUT2D eigenvalue weighted by Gasteiger charge is 2.18. The topological polar surface area (TPSA) is 104 Å². The fraction of sp³-hybridized carbons (Fsp3) is 0.556. The Morgan fingerprint density at radius 3 is 2.53 bits per heavy atom. The van der Waals surface area contributed by atoms with E-state index in [0.29, 0.717) is 18.5 Å². The Morgan fingerprint density at radius 1 is 1.40 bits per heavy atom. The molecule has 0 aliphatic heterocycles. The zero-order valence-electron chi connectivity index (χ0n) is 8.59. The molecule has 0 aromatic carbocycles. The van der Waals surface area contributed by atoms with E-state index < -0.39 is 12.2 Å². The molecular formula is C9H16N4O2. The van der Waals surface area contributed by atoms with E-state index in [1.165, 1.54) is 12.4 Å². The van der Waals surface area contributed by atoms with Crippen LogP contribution >= 0.6 is 0 Å². The van der Waals surface area contributed by atoms with Crippen LogP contribution in [0.25, 0.3) is 0 Å². The molecule has 0 radical (unpaired) electrons. The number of hydrogen-bond donors (Lipinski definition) is 4. The van der Waals surface area contributed by atoms with E-state index in [-0.39, 0.29) is 5.95 Å². The van der Waals surface area contributed by atoms with Crippen LogP contribution in [0.4, 0.5) is 5.95 Å². The number of aliphatic hydroxyl groups excluding tert-OH is 2. The molecule has 2 unspecified atom stereocenters. The normalized spacial score (nSPS) is 14.9. The van der Waals surface area contributed by atoms with Crippen molar-refractivity contribution in [3.63, 3.8) is 0 Å². The van der Waals surface area contributed by atoms with E-state index in [1.807, 2.05) is 0 Å². The molecule has 0 saturated heterocycles. The van der Waals surface area contributed by atoms with Gasteiger partial charge in [0.1, 0.15) is 6.10 Å². The summed E-state index contributed by atoms with van der Waals surface area (Å²) in [6.45, 7) is 0.633. The third-order valence-corrected chi connectivity index (χ3v) is 2.09. The second-order valence-electron chi connectivity index (χ2n) is 3.28. The molecule has 0 bridgehead atoms. The van der Waals surface area contributed by atoms with Gasteiger partial charge in [-0.05, 0) is 20.0 Å². The molecular weight excluding hydrogens is 196 g/mol. The van der Waals surface area contributed by atoms with Crippen LogP contribution in [-0.2, 0) is 0 Å². The highest BCUT2D eigenvalue weighted by atomic mass is 16.3. The summed E-state index contributed by atoms with van der Waals surface area (Å²) in [6, 6.07) is 0. The van der Waals surface area contributed by atoms with E-state index in [0.717, 1.165) is 0 Å². The predicted molar refractivity (Wildman–Crippen MR) is 56.0 cm³/mol. The van der Waals surface area contributed by atoms with Gasteiger partial charge in [-0.1, -0.05) is 0 Å². The van der Waals surface area contributed by atoms with Crippen LogP contribution in [0.1, 0.15) is 18.1 Å². The van der Waals surface area contributed by atoms with Gasteiger partial charge in [0.2, 0.25) is 5.95 Å². The Bertz CT molecular complexity index is 291. The molecule has 15 heavy (non-hydrogen) atoms. The van der Waals surface area contributed by atoms with Crippen LogP contribution in [0.2, 0.25) is 0 Å². The monoisotopic (exact) mass is 212 g/mol. The van der Waals surface area contributed by atoms with Crippen molar-refractivity contribution in [2.45, 2.75) is 18.6 Å². The number of nitrogens with zero attached hydrogens (tertiary/aromatic N) is 2. The number of nitrogens with one attached hydrogen (secondary N) is 1. The maximum atomic E-state index is 9.71. The summed E-state index contributed by atoms with van der Waals surface area (Å²) in [5.74, 6) is 0.149. The van der Waals surface area contributed by atoms with Gasteiger partial charge in [0, 0.05) is 18.0 Å². The molecule has 0 saturated carbocycles. The predicted octanol–water partition coefficient (Wildman–Crippen LogP) is -0.937. The minimum Gasteiger partial charge on any atom is -0.390 e. The lowest BCUT2D eigenvalue weighted by atomic mass is 10.1. The maximum Gasteiger partial charge on any atom is 0.219 e. The average Bonchev–Trinajstić information content (AvgIpc) is 2.26. The Kier molecular flexibility index (Phi) is 4.41. The van der Waals surface area contributed by atoms with Gasteiger partial charge in [-0.25, -0.2) is 9.97 Å². The van der Waals surface area contributed by atoms with Gasteiger partial charge in [0.05, 0.1) is 6.10 Å². The molecule has 1 heterocycles. The third-order valence-electron chi connectivity index (χ3n) is 2.09. The van der Waals surface area contributed by atoms with Crippen LogP contribution in [0.15, 0.2) is 12.4 Å². The van der Waals surface area contributed by atoms with Crippen LogP contribution in [0.3, 0.4) is 0 Å². The molecule has 1 aromatic heterocycles. The highest BCUT2D eigenvalue weighted by Crippen LogP contribution is 2.17. The van der Waals surface area contributed by atoms with Crippen molar-refractivity contribution in [1.82, 2.24) is 15.3 Å². The molecule has 1 rings (SSSR count). The minimum atomic E-state index is -0.973. The Balaban J connectivity index is 2.59. The Morgan fingerprint density at radius 2 is 2.00 bits per heavy atom. The first-order valence-corrected chi connectivity index (χ1v) is 4.73. The lowest BCUT2D eigenvalue weighted by Crippen LogP contribution is -2.23. The third kappa shape index (κ3) is 3.43. The molecule has 84 valence electrons. The van der Waals surface area contributed by atoms with Gasteiger partial charge in [0.15, 0.2) is 0 Å². The molecule has 0 amide bonds. The van der Waals surface area contributed by atoms with Crippen molar-refractivity contribution < 1.29 is 10.2 Å². The molecule has 0 aliphatic carbocycles. The van der Waals surface area contributed by atoms with E-state index in [9.17, 15) is 10.2 Å². The molecule has 6 heteroatoms. The van der Waals surface area contributed by atoms with E-state index in [4.69, 9.17) is 5.73 Å². The van der Waals surface area contributed by atoms with Gasteiger partial charge in [-0.15, -0.1) is 0 Å². The average molecular weight is 212 g/mol. The second-order valence-corrected chi connectivity index (χ2v) is 3.28. The second kappa shape index (κ2) is 5.59. The number of aromatic nitrogens is 2. The van der Waals surface area contributed by atoms with Gasteiger partial charge in [0.25, 0.3) is 0 Å². The van der Waals surface area contributed by atoms with Crippen molar-refractivity contribution >= 4 is 5.95 Å². The van der Waals surface area contributed by atoms with Gasteiger partial charge >= 0.3 is 0 Å². The van der Waals surface area contributed by atoms with E-state index in [1.54, 1.807) is 7.05 Å². The molecule has 0 aliphatic rings. The molecule has 0 spiro atoms. The van der Waals surface area contributed by atoms with Gasteiger partial charge < -0.3 is 21.3 Å². The zero-order chi connectivity index (χ0) is 11.3. The van der Waals surface area contributed by atoms with Crippen LogP contribution in [0.5, 0.6) is 0 Å². The van der Waals surface area contributed by atoms with E-state index >= 15 is 0 Å². The minimum absolute atomic E-state index is 0.149. The number of anilines is 1. The SMILES string of the molecule is CNCCC(O)C(O)c1cnc(N)nc1. The molecule has 2 atom stereocenters. The van der Waals surface area contributed by atoms with Gasteiger partial charge in [-0.2, -0.15) is 0 Å². The first-order valence-electron chi connectivity index (χ1n) is 4.73. The fourth-order valence-corrected chi connectivity index (χ4v) is 1.17. The van der Waals surface area contributed by atoms with Gasteiger partial charge in [-0.3, -0.25) is 0 Å². The zero-order valence-corrected chi connectivity index (χ0v) is 8.59. The number of nitrogen functional groups attached to an aromatic ring is 1. The fourth-order valence-electron chi connectivity index (χ4n) is 1.17. The molecule has 1 aromatic rings. The smallest absolute Gasteiger partial charge is 0.219 e. The Hall–Kier alpha value is -1.24. The molecule has 6 nitrogen and oxygen atoms in total. The number of rotatable bonds is 5. The number of nitrogens with two attached hydrogens (primary N) is 1. The standard InChI is InChI=1S/C9H16N4O2/c1-11-3-2-7(14)8(15)6-4-12-9(10)13-5-6/h4-5,7-8,11,14-15H,2-3H2,1H3,(H2,10,12,13). The van der Waals surface area contributed by atoms with Crippen LogP contribution < -0.4 is 11.1 Å². The van der Waals surface area contributed by atoms with Crippen LogP contribution in [-0.4, -0.2) is 39.9 Å². The van der Waals surface area contributed by atoms with Crippen molar-refractivity contribution in [3.8, 4) is 0 Å². The summed E-state index contributed by atoms with van der Waals surface area (Å²) in [7, 11) is 1.78. The molecule has 5 N–H and O–H groups in total. The lowest BCUT2D eigenvalue weighted by Gasteiger charge is -2.17. The Labute approximate surface area is 88.2 Å². The van der Waals surface area contributed by atoms with Crippen molar-refractivity contribution in [1.29, 1.82) is 0 Å². The summed E-state index contributed by atoms with van der Waals surface area (Å²) < 4.78 is 0. The number of aliphatic hydroxyl groups is 2. The quantitative estimate of drug-likeness (QED) is 0.502. The summed E-state index contributed by atoms with van der Waals surface area (Å²) in [5, 5.41) is 22.2. The summed E-state index contributed by atoms with van der Waals surface area (Å²) in [6.07, 6.45) is 1.48. The summed E-state index contributed by atoms with van der Waals surface area (Å²) >= 11 is 0. The van der Waals surface area contributed by atoms with Crippen LogP contribution in [0, 0.1) is 0 Å². The van der Waals surface area contributed by atoms with Crippen molar-refractivity contribution in [2.75, 3.05) is 19.3 Å². The first kappa shape index (κ1) is 11.8. The maximum absolute atomic E-state index is 9.71. The van der Waals surface area contributed by atoms with Crippen molar-refractivity contribution in [3.05, 3.63) is 18.0 Å². The number of hydrogen-bond acceptors (Lipinski definition) is 6. The first-order chi connectivity index (χ1) is 7.15. The van der Waals surface area contributed by atoms with E-state index in [2.05, 4.69) is 15.3 Å². The molecule has 0 fully saturated rings. The summed E-state index contributed by atoms with van der Waals surface area (Å²) in [4.78, 5) is 7.49. The lowest BCUT2D eigenvalue weighted by molar-refractivity contribution is 0.0136.